The second-order valence-electron chi connectivity index (χ2n) is 16.5. The van der Waals surface area contributed by atoms with Crippen molar-refractivity contribution in [3.63, 3.8) is 0 Å². The average Bonchev–Trinajstić information content (AvgIpc) is 4.00. The fraction of sp³-hybridized carbons (Fsp3) is 0. The maximum atomic E-state index is 2.49. The summed E-state index contributed by atoms with van der Waals surface area (Å²) in [7, 11) is 0. The van der Waals surface area contributed by atoms with Gasteiger partial charge in [-0.25, -0.2) is 0 Å². The van der Waals surface area contributed by atoms with Crippen molar-refractivity contribution in [1.82, 2.24) is 13.7 Å². The van der Waals surface area contributed by atoms with Crippen LogP contribution < -0.4 is 0 Å². The van der Waals surface area contributed by atoms with Crippen molar-refractivity contribution in [1.29, 1.82) is 0 Å². The molecule has 0 aliphatic rings. The van der Waals surface area contributed by atoms with Crippen molar-refractivity contribution in [2.75, 3.05) is 0 Å². The molecule has 3 heteroatoms. The van der Waals surface area contributed by atoms with E-state index in [4.69, 9.17) is 0 Å². The lowest BCUT2D eigenvalue weighted by Gasteiger charge is -2.14. The molecule has 0 amide bonds. The molecule has 3 heterocycles. The highest BCUT2D eigenvalue weighted by atomic mass is 15.0. The molecule has 0 spiro atoms. The van der Waals surface area contributed by atoms with E-state index >= 15 is 0 Å². The summed E-state index contributed by atoms with van der Waals surface area (Å²) in [5.41, 5.74) is 17.7. The van der Waals surface area contributed by atoms with Crippen LogP contribution in [-0.2, 0) is 0 Å². The minimum atomic E-state index is 1.14. The highest BCUT2D eigenvalue weighted by molar-refractivity contribution is 6.30. The van der Waals surface area contributed by atoms with Crippen molar-refractivity contribution >= 4 is 65.4 Å². The Kier molecular flexibility index (Phi) is 7.91. The lowest BCUT2D eigenvalue weighted by Crippen LogP contribution is -1.96. The Morgan fingerprint density at radius 3 is 1.40 bits per heavy atom. The van der Waals surface area contributed by atoms with E-state index in [9.17, 15) is 0 Å². The zero-order chi connectivity index (χ0) is 41.4. The van der Waals surface area contributed by atoms with Gasteiger partial charge >= 0.3 is 0 Å². The van der Waals surface area contributed by atoms with E-state index in [1.165, 1.54) is 98.8 Å². The molecule has 63 heavy (non-hydrogen) atoms. The number of aromatic nitrogens is 3. The SMILES string of the molecule is c1ccc(-c2cccc(-n3c4ccccc4c4ccc(-c5cccc(-c6cc7c(c8ccccc8n7-c7ccccc7)c7c6c6ccccc6n7-c6ccccc6)c5)cc43)c2)cc1. The van der Waals surface area contributed by atoms with Crippen molar-refractivity contribution in [3.8, 4) is 50.4 Å². The van der Waals surface area contributed by atoms with Crippen LogP contribution in [0.25, 0.3) is 116 Å². The van der Waals surface area contributed by atoms with Gasteiger partial charge in [0, 0.05) is 49.4 Å². The van der Waals surface area contributed by atoms with Gasteiger partial charge in [0.25, 0.3) is 0 Å². The van der Waals surface area contributed by atoms with Crippen molar-refractivity contribution in [2.45, 2.75) is 0 Å². The quantitative estimate of drug-likeness (QED) is 0.159. The Hall–Kier alpha value is -8.40. The van der Waals surface area contributed by atoms with Crippen molar-refractivity contribution in [2.24, 2.45) is 0 Å². The smallest absolute Gasteiger partial charge is 0.0647 e. The summed E-state index contributed by atoms with van der Waals surface area (Å²) in [6, 6.07) is 86.4. The first-order valence-electron chi connectivity index (χ1n) is 21.7. The van der Waals surface area contributed by atoms with Crippen LogP contribution in [0.2, 0.25) is 0 Å². The third kappa shape index (κ3) is 5.46. The largest absolute Gasteiger partial charge is 0.309 e. The summed E-state index contributed by atoms with van der Waals surface area (Å²) in [4.78, 5) is 0. The van der Waals surface area contributed by atoms with Crippen LogP contribution in [0.5, 0.6) is 0 Å². The Morgan fingerprint density at radius 2 is 0.683 bits per heavy atom. The molecule has 0 saturated heterocycles. The number of benzene rings is 10. The number of fused-ring (bicyclic) bond motifs is 10. The maximum absolute atomic E-state index is 2.49. The molecule has 0 fully saturated rings. The summed E-state index contributed by atoms with van der Waals surface area (Å²) in [5, 5.41) is 7.46. The Bertz CT molecular complexity index is 3890. The lowest BCUT2D eigenvalue weighted by atomic mass is 9.94. The zero-order valence-electron chi connectivity index (χ0n) is 34.4. The van der Waals surface area contributed by atoms with E-state index in [1.54, 1.807) is 0 Å². The summed E-state index contributed by atoms with van der Waals surface area (Å²) >= 11 is 0. The minimum absolute atomic E-state index is 1.14. The summed E-state index contributed by atoms with van der Waals surface area (Å²) in [6.45, 7) is 0. The van der Waals surface area contributed by atoms with Gasteiger partial charge in [-0.15, -0.1) is 0 Å². The van der Waals surface area contributed by atoms with Crippen LogP contribution in [0.4, 0.5) is 0 Å². The highest BCUT2D eigenvalue weighted by Crippen LogP contribution is 2.47. The second kappa shape index (κ2) is 14.1. The first-order chi connectivity index (χ1) is 31.3. The Balaban J connectivity index is 1.08. The van der Waals surface area contributed by atoms with Crippen LogP contribution in [0.3, 0.4) is 0 Å². The van der Waals surface area contributed by atoms with Gasteiger partial charge in [-0.2, -0.15) is 0 Å². The van der Waals surface area contributed by atoms with E-state index in [1.807, 2.05) is 0 Å². The van der Waals surface area contributed by atoms with Gasteiger partial charge in [-0.1, -0.05) is 164 Å². The lowest BCUT2D eigenvalue weighted by molar-refractivity contribution is 1.17. The molecule has 3 nitrogen and oxygen atoms in total. The van der Waals surface area contributed by atoms with Crippen LogP contribution in [0, 0.1) is 0 Å². The topological polar surface area (TPSA) is 14.8 Å². The molecule has 0 aliphatic carbocycles. The van der Waals surface area contributed by atoms with Gasteiger partial charge in [0.2, 0.25) is 0 Å². The predicted molar refractivity (Wildman–Crippen MR) is 266 cm³/mol. The van der Waals surface area contributed by atoms with Gasteiger partial charge in [0.05, 0.1) is 33.1 Å². The molecule has 3 aromatic heterocycles. The van der Waals surface area contributed by atoms with Crippen LogP contribution in [0.1, 0.15) is 0 Å². The van der Waals surface area contributed by atoms with E-state index in [0.29, 0.717) is 0 Å². The molecular weight excluding hydrogens is 763 g/mol. The maximum Gasteiger partial charge on any atom is 0.0647 e. The summed E-state index contributed by atoms with van der Waals surface area (Å²) < 4.78 is 7.37. The molecule has 0 radical (unpaired) electrons. The minimum Gasteiger partial charge on any atom is -0.309 e. The second-order valence-corrected chi connectivity index (χ2v) is 16.5. The molecule has 294 valence electrons. The van der Waals surface area contributed by atoms with Crippen LogP contribution in [0.15, 0.2) is 237 Å². The van der Waals surface area contributed by atoms with Gasteiger partial charge in [-0.05, 0) is 106 Å². The van der Waals surface area contributed by atoms with Gasteiger partial charge in [-0.3, -0.25) is 0 Å². The summed E-state index contributed by atoms with van der Waals surface area (Å²) in [6.07, 6.45) is 0. The normalized spacial score (nSPS) is 11.8. The van der Waals surface area contributed by atoms with Gasteiger partial charge < -0.3 is 13.7 Å². The Labute approximate surface area is 364 Å². The predicted octanol–water partition coefficient (Wildman–Crippen LogP) is 16.0. The number of hydrogen-bond acceptors (Lipinski definition) is 0. The van der Waals surface area contributed by atoms with E-state index in [2.05, 4.69) is 250 Å². The molecule has 0 saturated carbocycles. The van der Waals surface area contributed by atoms with Crippen molar-refractivity contribution < 1.29 is 0 Å². The number of nitrogens with zero attached hydrogens (tertiary/aromatic N) is 3. The van der Waals surface area contributed by atoms with E-state index in [0.717, 1.165) is 17.1 Å². The number of para-hydroxylation sites is 5. The van der Waals surface area contributed by atoms with Crippen molar-refractivity contribution in [3.05, 3.63) is 237 Å². The molecule has 10 aromatic carbocycles. The monoisotopic (exact) mass is 801 g/mol. The molecule has 13 rings (SSSR count). The standard InChI is InChI=1S/C60H39N3/c1-4-18-40(19-5-1)42-21-17-27-47(37-42)62-53-31-13-10-28-48(53)49-35-34-43(38-56(49)62)41-20-16-22-44(36-41)52-39-57-59(51-30-12-14-32-54(51)61(57)45-23-6-2-7-24-45)60-58(52)50-29-11-15-33-55(50)63(60)46-25-8-3-9-26-46/h1-39H. The first-order valence-corrected chi connectivity index (χ1v) is 21.7. The molecule has 0 atom stereocenters. The summed E-state index contributed by atoms with van der Waals surface area (Å²) in [5.74, 6) is 0. The highest BCUT2D eigenvalue weighted by Gasteiger charge is 2.24. The fourth-order valence-electron chi connectivity index (χ4n) is 10.3. The molecule has 13 aromatic rings. The van der Waals surface area contributed by atoms with Gasteiger partial charge in [0.15, 0.2) is 0 Å². The third-order valence-corrected chi connectivity index (χ3v) is 13.0. The molecule has 0 aliphatic heterocycles. The zero-order valence-corrected chi connectivity index (χ0v) is 34.4. The average molecular weight is 802 g/mol. The van der Waals surface area contributed by atoms with Crippen LogP contribution in [-0.4, -0.2) is 13.7 Å². The first kappa shape index (κ1) is 35.4. The van der Waals surface area contributed by atoms with Crippen LogP contribution >= 0.6 is 0 Å². The third-order valence-electron chi connectivity index (χ3n) is 13.0. The van der Waals surface area contributed by atoms with E-state index in [-0.39, 0.29) is 0 Å². The Morgan fingerprint density at radius 1 is 0.222 bits per heavy atom. The molecule has 0 N–H and O–H groups in total. The molecule has 0 unspecified atom stereocenters. The van der Waals surface area contributed by atoms with Gasteiger partial charge in [0.1, 0.15) is 0 Å². The number of rotatable bonds is 6. The van der Waals surface area contributed by atoms with E-state index < -0.39 is 0 Å². The molecular formula is C60H39N3. The number of hydrogen-bond donors (Lipinski definition) is 0. The molecule has 0 bridgehead atoms. The fourth-order valence-corrected chi connectivity index (χ4v) is 10.3.